The number of halogens is 3. The zero-order valence-corrected chi connectivity index (χ0v) is 13.2. The summed E-state index contributed by atoms with van der Waals surface area (Å²) < 4.78 is 38.2. The Morgan fingerprint density at radius 3 is 2.17 bits per heavy atom. The van der Waals surface area contributed by atoms with E-state index in [0.717, 1.165) is 17.7 Å². The van der Waals surface area contributed by atoms with Crippen LogP contribution in [0, 0.1) is 0 Å². The van der Waals surface area contributed by atoms with Gasteiger partial charge in [0.25, 0.3) is 0 Å². The standard InChI is InChI=1S/C18H18F3NO2/c1-22(11-14-7-5-13(6-8-14)10-17(23)24)12-15-3-2-4-16(9-15)18(19,20)21/h2-9H,10-12H2,1H3,(H,23,24). The molecule has 2 aromatic carbocycles. The highest BCUT2D eigenvalue weighted by molar-refractivity contribution is 5.70. The highest BCUT2D eigenvalue weighted by Gasteiger charge is 2.30. The lowest BCUT2D eigenvalue weighted by Gasteiger charge is -2.18. The monoisotopic (exact) mass is 337 g/mol. The van der Waals surface area contributed by atoms with Crippen molar-refractivity contribution in [3.05, 3.63) is 70.8 Å². The topological polar surface area (TPSA) is 40.5 Å². The summed E-state index contributed by atoms with van der Waals surface area (Å²) in [6, 6.07) is 12.5. The summed E-state index contributed by atoms with van der Waals surface area (Å²) in [4.78, 5) is 12.5. The Morgan fingerprint density at radius 2 is 1.58 bits per heavy atom. The second kappa shape index (κ2) is 7.49. The molecule has 0 aliphatic heterocycles. The molecule has 0 unspecified atom stereocenters. The van der Waals surface area contributed by atoms with Gasteiger partial charge in [0.1, 0.15) is 0 Å². The molecular formula is C18H18F3NO2. The first-order valence-corrected chi connectivity index (χ1v) is 7.38. The maximum atomic E-state index is 12.7. The average molecular weight is 337 g/mol. The highest BCUT2D eigenvalue weighted by atomic mass is 19.4. The van der Waals surface area contributed by atoms with E-state index in [-0.39, 0.29) is 6.42 Å². The van der Waals surface area contributed by atoms with Gasteiger partial charge < -0.3 is 5.11 Å². The van der Waals surface area contributed by atoms with Crippen molar-refractivity contribution in [3.63, 3.8) is 0 Å². The predicted octanol–water partition coefficient (Wildman–Crippen LogP) is 3.96. The molecule has 0 atom stereocenters. The van der Waals surface area contributed by atoms with E-state index in [2.05, 4.69) is 0 Å². The lowest BCUT2D eigenvalue weighted by atomic mass is 10.1. The molecular weight excluding hydrogens is 319 g/mol. The maximum Gasteiger partial charge on any atom is 0.416 e. The number of hydrogen-bond acceptors (Lipinski definition) is 2. The van der Waals surface area contributed by atoms with Gasteiger partial charge in [0.15, 0.2) is 0 Å². The fraction of sp³-hybridized carbons (Fsp3) is 0.278. The Morgan fingerprint density at radius 1 is 1.00 bits per heavy atom. The van der Waals surface area contributed by atoms with Gasteiger partial charge in [0, 0.05) is 13.1 Å². The Balaban J connectivity index is 1.98. The number of nitrogens with zero attached hydrogens (tertiary/aromatic N) is 1. The predicted molar refractivity (Wildman–Crippen MR) is 84.4 cm³/mol. The fourth-order valence-electron chi connectivity index (χ4n) is 2.46. The van der Waals surface area contributed by atoms with Gasteiger partial charge in [-0.05, 0) is 29.8 Å². The van der Waals surface area contributed by atoms with E-state index in [9.17, 15) is 18.0 Å². The number of benzene rings is 2. The molecule has 0 radical (unpaired) electrons. The van der Waals surface area contributed by atoms with Crippen LogP contribution in [0.1, 0.15) is 22.3 Å². The molecule has 24 heavy (non-hydrogen) atoms. The zero-order valence-electron chi connectivity index (χ0n) is 13.2. The Kier molecular flexibility index (Phi) is 5.62. The summed E-state index contributed by atoms with van der Waals surface area (Å²) in [7, 11) is 1.82. The first kappa shape index (κ1) is 18.0. The number of hydrogen-bond donors (Lipinski definition) is 1. The molecule has 0 spiro atoms. The molecule has 0 bridgehead atoms. The van der Waals surface area contributed by atoms with Crippen LogP contribution in [0.4, 0.5) is 13.2 Å². The molecule has 0 aliphatic rings. The number of carboxylic acid groups (broad SMARTS) is 1. The average Bonchev–Trinajstić information content (AvgIpc) is 2.48. The van der Waals surface area contributed by atoms with Crippen molar-refractivity contribution in [1.29, 1.82) is 0 Å². The lowest BCUT2D eigenvalue weighted by Crippen LogP contribution is -2.17. The SMILES string of the molecule is CN(Cc1ccc(CC(=O)O)cc1)Cc1cccc(C(F)(F)F)c1. The summed E-state index contributed by atoms with van der Waals surface area (Å²) in [5, 5.41) is 8.74. The molecule has 0 saturated carbocycles. The third-order valence-corrected chi connectivity index (χ3v) is 3.54. The van der Waals surface area contributed by atoms with Crippen molar-refractivity contribution < 1.29 is 23.1 Å². The molecule has 1 N–H and O–H groups in total. The molecule has 0 amide bonds. The van der Waals surface area contributed by atoms with Crippen molar-refractivity contribution in [3.8, 4) is 0 Å². The van der Waals surface area contributed by atoms with Crippen LogP contribution in [-0.4, -0.2) is 23.0 Å². The van der Waals surface area contributed by atoms with E-state index >= 15 is 0 Å². The van der Waals surface area contributed by atoms with Gasteiger partial charge in [-0.1, -0.05) is 42.5 Å². The van der Waals surface area contributed by atoms with E-state index in [4.69, 9.17) is 5.11 Å². The van der Waals surface area contributed by atoms with Crippen molar-refractivity contribution in [2.24, 2.45) is 0 Å². The fourth-order valence-corrected chi connectivity index (χ4v) is 2.46. The maximum absolute atomic E-state index is 12.7. The van der Waals surface area contributed by atoms with Gasteiger partial charge in [0.05, 0.1) is 12.0 Å². The molecule has 2 aromatic rings. The Hall–Kier alpha value is -2.34. The van der Waals surface area contributed by atoms with E-state index in [1.54, 1.807) is 18.2 Å². The van der Waals surface area contributed by atoms with Crippen LogP contribution in [0.3, 0.4) is 0 Å². The van der Waals surface area contributed by atoms with Crippen molar-refractivity contribution >= 4 is 5.97 Å². The normalized spacial score (nSPS) is 11.7. The first-order chi connectivity index (χ1) is 11.2. The van der Waals surface area contributed by atoms with E-state index in [1.807, 2.05) is 24.1 Å². The molecule has 128 valence electrons. The van der Waals surface area contributed by atoms with Gasteiger partial charge in [-0.2, -0.15) is 13.2 Å². The van der Waals surface area contributed by atoms with Crippen LogP contribution in [0.5, 0.6) is 0 Å². The minimum atomic E-state index is -4.34. The number of aliphatic carboxylic acids is 1. The summed E-state index contributed by atoms with van der Waals surface area (Å²) in [5.41, 5.74) is 1.63. The van der Waals surface area contributed by atoms with Crippen LogP contribution in [0.15, 0.2) is 48.5 Å². The van der Waals surface area contributed by atoms with E-state index in [0.29, 0.717) is 24.2 Å². The van der Waals surface area contributed by atoms with Gasteiger partial charge in [-0.15, -0.1) is 0 Å². The quantitative estimate of drug-likeness (QED) is 0.867. The summed E-state index contributed by atoms with van der Waals surface area (Å²) in [6.07, 6.45) is -4.37. The number of alkyl halides is 3. The molecule has 2 rings (SSSR count). The second-order valence-electron chi connectivity index (χ2n) is 5.76. The van der Waals surface area contributed by atoms with E-state index < -0.39 is 17.7 Å². The van der Waals surface area contributed by atoms with Gasteiger partial charge >= 0.3 is 12.1 Å². The largest absolute Gasteiger partial charge is 0.481 e. The Bertz CT molecular complexity index is 696. The third kappa shape index (κ3) is 5.38. The number of rotatable bonds is 6. The van der Waals surface area contributed by atoms with Crippen LogP contribution < -0.4 is 0 Å². The zero-order chi connectivity index (χ0) is 17.7. The minimum absolute atomic E-state index is 0.0274. The number of carbonyl (C=O) groups is 1. The smallest absolute Gasteiger partial charge is 0.416 e. The van der Waals surface area contributed by atoms with Crippen molar-refractivity contribution in [1.82, 2.24) is 4.90 Å². The molecule has 0 aliphatic carbocycles. The van der Waals surface area contributed by atoms with Crippen LogP contribution in [0.2, 0.25) is 0 Å². The van der Waals surface area contributed by atoms with E-state index in [1.165, 1.54) is 6.07 Å². The summed E-state index contributed by atoms with van der Waals surface area (Å²) in [6.45, 7) is 0.949. The van der Waals surface area contributed by atoms with Gasteiger partial charge in [-0.3, -0.25) is 9.69 Å². The molecule has 0 aromatic heterocycles. The van der Waals surface area contributed by atoms with Gasteiger partial charge in [-0.25, -0.2) is 0 Å². The minimum Gasteiger partial charge on any atom is -0.481 e. The van der Waals surface area contributed by atoms with Crippen LogP contribution >= 0.6 is 0 Å². The second-order valence-corrected chi connectivity index (χ2v) is 5.76. The van der Waals surface area contributed by atoms with Crippen LogP contribution in [-0.2, 0) is 30.5 Å². The lowest BCUT2D eigenvalue weighted by molar-refractivity contribution is -0.138. The van der Waals surface area contributed by atoms with Crippen LogP contribution in [0.25, 0.3) is 0 Å². The molecule has 3 nitrogen and oxygen atoms in total. The van der Waals surface area contributed by atoms with Crippen molar-refractivity contribution in [2.75, 3.05) is 7.05 Å². The molecule has 0 fully saturated rings. The first-order valence-electron chi connectivity index (χ1n) is 7.38. The molecule has 6 heteroatoms. The molecule has 0 saturated heterocycles. The van der Waals surface area contributed by atoms with Gasteiger partial charge in [0.2, 0.25) is 0 Å². The summed E-state index contributed by atoms with van der Waals surface area (Å²) >= 11 is 0. The molecule has 0 heterocycles. The number of carboxylic acids is 1. The third-order valence-electron chi connectivity index (χ3n) is 3.54. The Labute approximate surface area is 138 Å². The highest BCUT2D eigenvalue weighted by Crippen LogP contribution is 2.29. The van der Waals surface area contributed by atoms with Crippen molar-refractivity contribution in [2.45, 2.75) is 25.7 Å². The summed E-state index contributed by atoms with van der Waals surface area (Å²) in [5.74, 6) is -0.885.